The molecule has 1 unspecified atom stereocenters. The smallest absolute Gasteiger partial charge is 0.263 e. The van der Waals surface area contributed by atoms with Crippen molar-refractivity contribution in [3.63, 3.8) is 0 Å². The van der Waals surface area contributed by atoms with Crippen LogP contribution in [-0.2, 0) is 10.0 Å². The zero-order chi connectivity index (χ0) is 22.6. The molecule has 170 valence electrons. The highest BCUT2D eigenvalue weighted by Gasteiger charge is 2.21. The van der Waals surface area contributed by atoms with E-state index < -0.39 is 10.0 Å². The van der Waals surface area contributed by atoms with Crippen molar-refractivity contribution >= 4 is 44.2 Å². The van der Waals surface area contributed by atoms with Gasteiger partial charge in [0.1, 0.15) is 5.75 Å². The van der Waals surface area contributed by atoms with Crippen LogP contribution in [0.25, 0.3) is 0 Å². The second kappa shape index (κ2) is 9.76. The zero-order valence-electron chi connectivity index (χ0n) is 18.0. The van der Waals surface area contributed by atoms with Crippen molar-refractivity contribution in [2.45, 2.75) is 23.8 Å². The third-order valence-electron chi connectivity index (χ3n) is 5.49. The number of nitrogens with zero attached hydrogens (tertiary/aromatic N) is 2. The molecule has 0 amide bonds. The summed E-state index contributed by atoms with van der Waals surface area (Å²) in [5.41, 5.74) is 4.38. The minimum absolute atomic E-state index is 0.180. The Bertz CT molecular complexity index is 1130. The molecule has 0 spiro atoms. The second-order valence-corrected chi connectivity index (χ2v) is 9.99. The number of hydrogen-bond donors (Lipinski definition) is 3. The van der Waals surface area contributed by atoms with Gasteiger partial charge in [-0.25, -0.2) is 13.4 Å². The highest BCUT2D eigenvalue weighted by Crippen LogP contribution is 2.34. The Kier molecular flexibility index (Phi) is 6.83. The van der Waals surface area contributed by atoms with Crippen LogP contribution < -0.4 is 25.0 Å². The van der Waals surface area contributed by atoms with Crippen molar-refractivity contribution in [2.24, 2.45) is 0 Å². The SMILES string of the molecule is CNC1CCCN(c2cc(OC)ccc2Nc2ccc(S(=O)(=O)Nc3cscn3)cc2)C1. The summed E-state index contributed by atoms with van der Waals surface area (Å²) in [4.78, 5) is 6.51. The van der Waals surface area contributed by atoms with Crippen molar-refractivity contribution in [2.75, 3.05) is 42.2 Å². The van der Waals surface area contributed by atoms with Crippen LogP contribution in [0.5, 0.6) is 5.75 Å². The lowest BCUT2D eigenvalue weighted by Crippen LogP contribution is -2.44. The predicted molar refractivity (Wildman–Crippen MR) is 130 cm³/mol. The number of thiazole rings is 1. The van der Waals surface area contributed by atoms with E-state index in [-0.39, 0.29) is 4.90 Å². The topological polar surface area (TPSA) is 95.6 Å². The van der Waals surface area contributed by atoms with Crippen molar-refractivity contribution in [3.8, 4) is 5.75 Å². The fourth-order valence-electron chi connectivity index (χ4n) is 3.77. The summed E-state index contributed by atoms with van der Waals surface area (Å²) in [6.07, 6.45) is 2.27. The van der Waals surface area contributed by atoms with Crippen LogP contribution in [0.1, 0.15) is 12.8 Å². The molecule has 3 aromatic rings. The number of rotatable bonds is 8. The summed E-state index contributed by atoms with van der Waals surface area (Å²) in [5.74, 6) is 1.12. The molecule has 1 atom stereocenters. The van der Waals surface area contributed by atoms with Crippen LogP contribution in [0, 0.1) is 0 Å². The van der Waals surface area contributed by atoms with Crippen molar-refractivity contribution < 1.29 is 13.2 Å². The molecule has 0 aliphatic carbocycles. The maximum Gasteiger partial charge on any atom is 0.263 e. The van der Waals surface area contributed by atoms with Crippen LogP contribution >= 0.6 is 11.3 Å². The minimum atomic E-state index is -3.68. The number of nitrogens with one attached hydrogen (secondary N) is 3. The van der Waals surface area contributed by atoms with E-state index in [1.807, 2.05) is 25.2 Å². The summed E-state index contributed by atoms with van der Waals surface area (Å²) < 4.78 is 33.1. The Morgan fingerprint density at radius 1 is 1.19 bits per heavy atom. The fraction of sp³-hybridized carbons (Fsp3) is 0.318. The molecular weight excluding hydrogens is 446 g/mol. The summed E-state index contributed by atoms with van der Waals surface area (Å²) in [6, 6.07) is 13.1. The van der Waals surface area contributed by atoms with Gasteiger partial charge in [0.05, 0.1) is 28.9 Å². The van der Waals surface area contributed by atoms with Gasteiger partial charge in [0.15, 0.2) is 5.82 Å². The van der Waals surface area contributed by atoms with Crippen LogP contribution in [-0.4, -0.2) is 46.7 Å². The number of likely N-dealkylation sites (N-methyl/N-ethyl adjacent to an activating group) is 1. The van der Waals surface area contributed by atoms with E-state index in [1.54, 1.807) is 42.3 Å². The Morgan fingerprint density at radius 3 is 2.69 bits per heavy atom. The number of ether oxygens (including phenoxy) is 1. The van der Waals surface area contributed by atoms with Crippen LogP contribution in [0.15, 0.2) is 58.3 Å². The van der Waals surface area contributed by atoms with Gasteiger partial charge < -0.3 is 20.3 Å². The largest absolute Gasteiger partial charge is 0.497 e. The van der Waals surface area contributed by atoms with E-state index in [9.17, 15) is 8.42 Å². The van der Waals surface area contributed by atoms with E-state index in [0.717, 1.165) is 48.7 Å². The molecule has 2 aromatic carbocycles. The van der Waals surface area contributed by atoms with Gasteiger partial charge in [0.2, 0.25) is 0 Å². The Labute approximate surface area is 192 Å². The minimum Gasteiger partial charge on any atom is -0.497 e. The first-order chi connectivity index (χ1) is 15.5. The molecule has 1 aromatic heterocycles. The second-order valence-electron chi connectivity index (χ2n) is 7.59. The summed E-state index contributed by atoms with van der Waals surface area (Å²) in [7, 11) is -0.0194. The average molecular weight is 474 g/mol. The van der Waals surface area contributed by atoms with Gasteiger partial charge in [0.25, 0.3) is 10.0 Å². The first kappa shape index (κ1) is 22.4. The third-order valence-corrected chi connectivity index (χ3v) is 7.45. The Balaban J connectivity index is 1.55. The molecule has 1 fully saturated rings. The van der Waals surface area contributed by atoms with Gasteiger partial charge in [-0.1, -0.05) is 0 Å². The number of benzene rings is 2. The number of methoxy groups -OCH3 is 1. The first-order valence-electron chi connectivity index (χ1n) is 10.4. The normalized spacial score (nSPS) is 16.6. The highest BCUT2D eigenvalue weighted by atomic mass is 32.2. The maximum atomic E-state index is 12.6. The highest BCUT2D eigenvalue weighted by molar-refractivity contribution is 7.92. The molecule has 1 aliphatic heterocycles. The molecule has 3 N–H and O–H groups in total. The molecule has 8 nitrogen and oxygen atoms in total. The molecule has 0 saturated carbocycles. The number of piperidine rings is 1. The quantitative estimate of drug-likeness (QED) is 0.457. The van der Waals surface area contributed by atoms with Gasteiger partial charge in [-0.05, 0) is 56.3 Å². The van der Waals surface area contributed by atoms with Crippen molar-refractivity contribution in [1.29, 1.82) is 0 Å². The number of anilines is 4. The molecule has 2 heterocycles. The molecule has 1 saturated heterocycles. The summed E-state index contributed by atoms with van der Waals surface area (Å²) in [6.45, 7) is 1.89. The zero-order valence-corrected chi connectivity index (χ0v) is 19.7. The van der Waals surface area contributed by atoms with E-state index >= 15 is 0 Å². The van der Waals surface area contributed by atoms with Gasteiger partial charge in [-0.2, -0.15) is 0 Å². The molecule has 1 aliphatic rings. The molecule has 0 bridgehead atoms. The van der Waals surface area contributed by atoms with Crippen LogP contribution in [0.4, 0.5) is 22.9 Å². The fourth-order valence-corrected chi connectivity index (χ4v) is 5.33. The van der Waals surface area contributed by atoms with Gasteiger partial charge >= 0.3 is 0 Å². The van der Waals surface area contributed by atoms with Crippen LogP contribution in [0.3, 0.4) is 0 Å². The monoisotopic (exact) mass is 473 g/mol. The average Bonchev–Trinajstić information content (AvgIpc) is 3.32. The third kappa shape index (κ3) is 5.14. The molecule has 10 heteroatoms. The Morgan fingerprint density at radius 2 is 2.00 bits per heavy atom. The van der Waals surface area contributed by atoms with E-state index in [0.29, 0.717) is 11.9 Å². The van der Waals surface area contributed by atoms with Crippen molar-refractivity contribution in [3.05, 3.63) is 53.4 Å². The van der Waals surface area contributed by atoms with Crippen LogP contribution in [0.2, 0.25) is 0 Å². The number of aromatic nitrogens is 1. The van der Waals surface area contributed by atoms with Gasteiger partial charge in [0, 0.05) is 36.3 Å². The molecule has 32 heavy (non-hydrogen) atoms. The summed E-state index contributed by atoms with van der Waals surface area (Å²) in [5, 5.41) is 8.46. The first-order valence-corrected chi connectivity index (χ1v) is 12.8. The number of sulfonamides is 1. The molecule has 0 radical (unpaired) electrons. The molecular formula is C22H27N5O3S2. The lowest BCUT2D eigenvalue weighted by atomic mass is 10.0. The Hall–Kier alpha value is -2.82. The van der Waals surface area contributed by atoms with E-state index in [2.05, 4.69) is 25.2 Å². The van der Waals surface area contributed by atoms with Gasteiger partial charge in [-0.3, -0.25) is 4.72 Å². The van der Waals surface area contributed by atoms with E-state index in [4.69, 9.17) is 4.74 Å². The predicted octanol–water partition coefficient (Wildman–Crippen LogP) is 3.88. The lowest BCUT2D eigenvalue weighted by Gasteiger charge is -2.35. The van der Waals surface area contributed by atoms with E-state index in [1.165, 1.54) is 11.3 Å². The summed E-state index contributed by atoms with van der Waals surface area (Å²) >= 11 is 1.33. The standard InChI is InChI=1S/C22H27N5O3S2/c1-23-17-4-3-11-27(13-17)21-12-18(30-2)7-10-20(21)25-16-5-8-19(9-6-16)32(28,29)26-22-14-31-15-24-22/h5-10,12,14-15,17,23,25-26H,3-4,11,13H2,1-2H3. The lowest BCUT2D eigenvalue weighted by molar-refractivity contribution is 0.413. The number of hydrogen-bond acceptors (Lipinski definition) is 8. The maximum absolute atomic E-state index is 12.6. The van der Waals surface area contributed by atoms with Gasteiger partial charge in [-0.15, -0.1) is 11.3 Å². The van der Waals surface area contributed by atoms with Crippen molar-refractivity contribution in [1.82, 2.24) is 10.3 Å². The molecule has 4 rings (SSSR count).